The van der Waals surface area contributed by atoms with Crippen LogP contribution in [-0.2, 0) is 11.2 Å². The van der Waals surface area contributed by atoms with Crippen LogP contribution in [0.15, 0.2) is 15.9 Å². The average molecular weight is 305 g/mol. The molecule has 1 aromatic heterocycles. The first kappa shape index (κ1) is 12.6. The van der Waals surface area contributed by atoms with Crippen LogP contribution in [0.3, 0.4) is 0 Å². The molecule has 1 N–H and O–H groups in total. The number of aliphatic hydroxyl groups is 1. The van der Waals surface area contributed by atoms with Crippen molar-refractivity contribution in [3.8, 4) is 0 Å². The Labute approximate surface area is 109 Å². The number of rotatable bonds is 4. The second kappa shape index (κ2) is 6.15. The zero-order chi connectivity index (χ0) is 11.4. The highest BCUT2D eigenvalue weighted by atomic mass is 79.9. The van der Waals surface area contributed by atoms with Gasteiger partial charge in [-0.15, -0.1) is 11.3 Å². The molecule has 1 fully saturated rings. The van der Waals surface area contributed by atoms with Crippen LogP contribution in [0.25, 0.3) is 0 Å². The molecule has 4 heteroatoms. The molecular weight excluding hydrogens is 288 g/mol. The fraction of sp³-hybridized carbons (Fsp3) is 0.667. The van der Waals surface area contributed by atoms with Crippen molar-refractivity contribution in [1.29, 1.82) is 0 Å². The lowest BCUT2D eigenvalue weighted by molar-refractivity contribution is -0.0146. The predicted molar refractivity (Wildman–Crippen MR) is 69.9 cm³/mol. The van der Waals surface area contributed by atoms with Gasteiger partial charge in [-0.2, -0.15) is 0 Å². The fourth-order valence-electron chi connectivity index (χ4n) is 2.07. The van der Waals surface area contributed by atoms with Crippen LogP contribution in [0.2, 0.25) is 0 Å². The van der Waals surface area contributed by atoms with Gasteiger partial charge < -0.3 is 9.84 Å². The minimum atomic E-state index is -0.270. The largest absolute Gasteiger partial charge is 0.393 e. The van der Waals surface area contributed by atoms with Crippen molar-refractivity contribution in [2.75, 3.05) is 6.61 Å². The molecule has 1 aliphatic heterocycles. The van der Waals surface area contributed by atoms with Crippen molar-refractivity contribution in [2.24, 2.45) is 0 Å². The van der Waals surface area contributed by atoms with Crippen molar-refractivity contribution in [3.63, 3.8) is 0 Å². The van der Waals surface area contributed by atoms with Gasteiger partial charge in [0.1, 0.15) is 0 Å². The lowest BCUT2D eigenvalue weighted by Crippen LogP contribution is -2.25. The van der Waals surface area contributed by atoms with E-state index in [0.29, 0.717) is 0 Å². The normalized spacial score (nSPS) is 23.2. The number of halogens is 1. The maximum Gasteiger partial charge on any atom is 0.0613 e. The van der Waals surface area contributed by atoms with E-state index < -0.39 is 0 Å². The molecule has 2 rings (SSSR count). The summed E-state index contributed by atoms with van der Waals surface area (Å²) in [5, 5.41) is 12.0. The predicted octanol–water partition coefficient (Wildman–Crippen LogP) is 3.37. The van der Waals surface area contributed by atoms with Crippen molar-refractivity contribution in [1.82, 2.24) is 0 Å². The minimum absolute atomic E-state index is 0.270. The Morgan fingerprint density at radius 2 is 2.44 bits per heavy atom. The van der Waals surface area contributed by atoms with E-state index in [0.717, 1.165) is 30.3 Å². The highest BCUT2D eigenvalue weighted by Crippen LogP contribution is 2.23. The maximum atomic E-state index is 9.98. The van der Waals surface area contributed by atoms with Gasteiger partial charge in [0, 0.05) is 27.8 Å². The second-order valence-electron chi connectivity index (χ2n) is 4.31. The summed E-state index contributed by atoms with van der Waals surface area (Å²) in [4.78, 5) is 1.23. The Hall–Kier alpha value is 0.1000. The summed E-state index contributed by atoms with van der Waals surface area (Å²) < 4.78 is 6.73. The first-order chi connectivity index (χ1) is 7.74. The maximum absolute atomic E-state index is 9.98. The third kappa shape index (κ3) is 3.84. The molecule has 0 spiro atoms. The van der Waals surface area contributed by atoms with Gasteiger partial charge in [0.25, 0.3) is 0 Å². The Kier molecular flexibility index (Phi) is 4.82. The summed E-state index contributed by atoms with van der Waals surface area (Å²) in [5.41, 5.74) is 0. The molecule has 0 bridgehead atoms. The molecule has 2 atom stereocenters. The molecule has 1 aromatic rings. The first-order valence-electron chi connectivity index (χ1n) is 5.76. The molecule has 1 aliphatic rings. The molecule has 0 radical (unpaired) electrons. The van der Waals surface area contributed by atoms with E-state index in [9.17, 15) is 5.11 Å². The molecule has 1 saturated heterocycles. The van der Waals surface area contributed by atoms with Crippen LogP contribution < -0.4 is 0 Å². The molecule has 0 saturated carbocycles. The average Bonchev–Trinajstić information content (AvgIpc) is 2.65. The van der Waals surface area contributed by atoms with Crippen molar-refractivity contribution >= 4 is 27.3 Å². The van der Waals surface area contributed by atoms with Gasteiger partial charge in [0.15, 0.2) is 0 Å². The lowest BCUT2D eigenvalue weighted by atomic mass is 10.0. The Balaban J connectivity index is 1.77. The van der Waals surface area contributed by atoms with Crippen LogP contribution in [-0.4, -0.2) is 23.9 Å². The molecule has 0 aliphatic carbocycles. The third-order valence-corrected chi connectivity index (χ3v) is 4.59. The fourth-order valence-corrected chi connectivity index (χ4v) is 3.60. The van der Waals surface area contributed by atoms with E-state index in [1.807, 2.05) is 0 Å². The van der Waals surface area contributed by atoms with Crippen LogP contribution in [0.1, 0.15) is 30.6 Å². The number of hydrogen-bond acceptors (Lipinski definition) is 3. The smallest absolute Gasteiger partial charge is 0.0613 e. The van der Waals surface area contributed by atoms with Crippen LogP contribution in [0.5, 0.6) is 0 Å². The highest BCUT2D eigenvalue weighted by molar-refractivity contribution is 9.10. The van der Waals surface area contributed by atoms with Crippen molar-refractivity contribution in [2.45, 2.75) is 44.3 Å². The van der Waals surface area contributed by atoms with E-state index in [-0.39, 0.29) is 12.2 Å². The topological polar surface area (TPSA) is 29.5 Å². The monoisotopic (exact) mass is 304 g/mol. The van der Waals surface area contributed by atoms with E-state index in [2.05, 4.69) is 27.4 Å². The highest BCUT2D eigenvalue weighted by Gasteiger charge is 2.18. The van der Waals surface area contributed by atoms with E-state index in [1.165, 1.54) is 17.7 Å². The van der Waals surface area contributed by atoms with E-state index in [4.69, 9.17) is 4.74 Å². The Morgan fingerprint density at radius 1 is 1.56 bits per heavy atom. The molecule has 2 nitrogen and oxygen atoms in total. The zero-order valence-electron chi connectivity index (χ0n) is 9.19. The van der Waals surface area contributed by atoms with Crippen LogP contribution >= 0.6 is 27.3 Å². The molecule has 0 aromatic carbocycles. The summed E-state index contributed by atoms with van der Waals surface area (Å²) in [6, 6.07) is 2.08. The van der Waals surface area contributed by atoms with Gasteiger partial charge in [0.05, 0.1) is 12.2 Å². The van der Waals surface area contributed by atoms with Gasteiger partial charge in [-0.1, -0.05) is 0 Å². The summed E-state index contributed by atoms with van der Waals surface area (Å²) in [6.07, 6.45) is 5.03. The number of hydrogen-bond donors (Lipinski definition) is 1. The number of aliphatic hydroxyl groups excluding tert-OH is 1. The minimum Gasteiger partial charge on any atom is -0.393 e. The number of thiophene rings is 1. The standard InChI is InChI=1S/C12H17BrO2S/c13-9-5-12(16-8-9)7-10(14)6-11-3-1-2-4-15-11/h5,8,10-11,14H,1-4,6-7H2. The third-order valence-electron chi connectivity index (χ3n) is 2.87. The van der Waals surface area contributed by atoms with Gasteiger partial charge in [0.2, 0.25) is 0 Å². The van der Waals surface area contributed by atoms with Gasteiger partial charge in [-0.05, 0) is 47.7 Å². The molecule has 0 amide bonds. The quantitative estimate of drug-likeness (QED) is 0.924. The van der Waals surface area contributed by atoms with Crippen molar-refractivity contribution in [3.05, 3.63) is 20.8 Å². The number of ether oxygens (including phenoxy) is 1. The molecule has 2 unspecified atom stereocenters. The first-order valence-corrected chi connectivity index (χ1v) is 7.44. The van der Waals surface area contributed by atoms with Gasteiger partial charge in [-0.25, -0.2) is 0 Å². The molecule has 2 heterocycles. The van der Waals surface area contributed by atoms with E-state index in [1.54, 1.807) is 11.3 Å². The molecular formula is C12H17BrO2S. The van der Waals surface area contributed by atoms with Gasteiger partial charge >= 0.3 is 0 Å². The van der Waals surface area contributed by atoms with Crippen molar-refractivity contribution < 1.29 is 9.84 Å². The van der Waals surface area contributed by atoms with Gasteiger partial charge in [-0.3, -0.25) is 0 Å². The van der Waals surface area contributed by atoms with Crippen LogP contribution in [0.4, 0.5) is 0 Å². The second-order valence-corrected chi connectivity index (χ2v) is 6.22. The summed E-state index contributed by atoms with van der Waals surface area (Å²) in [6.45, 7) is 0.863. The zero-order valence-corrected chi connectivity index (χ0v) is 11.6. The Bertz CT molecular complexity index is 321. The summed E-state index contributed by atoms with van der Waals surface area (Å²) in [7, 11) is 0. The molecule has 90 valence electrons. The lowest BCUT2D eigenvalue weighted by Gasteiger charge is -2.24. The SMILES string of the molecule is OC(Cc1cc(Br)cs1)CC1CCCCO1. The summed E-state index contributed by atoms with van der Waals surface area (Å²) >= 11 is 5.12. The Morgan fingerprint density at radius 3 is 3.06 bits per heavy atom. The van der Waals surface area contributed by atoms with E-state index >= 15 is 0 Å². The molecule has 16 heavy (non-hydrogen) atoms. The summed E-state index contributed by atoms with van der Waals surface area (Å²) in [5.74, 6) is 0. The van der Waals surface area contributed by atoms with Crippen LogP contribution in [0, 0.1) is 0 Å².